The normalized spacial score (nSPS) is 12.4. The van der Waals surface area contributed by atoms with Crippen molar-refractivity contribution >= 4 is 109 Å². The Balaban J connectivity index is 0.918. The molecule has 5 heteroatoms. The molecule has 0 saturated heterocycles. The molecule has 5 heterocycles. The van der Waals surface area contributed by atoms with E-state index in [-0.39, 0.29) is 0 Å². The third-order valence-electron chi connectivity index (χ3n) is 12.5. The van der Waals surface area contributed by atoms with Gasteiger partial charge in [0.25, 0.3) is 0 Å². The van der Waals surface area contributed by atoms with Crippen molar-refractivity contribution in [1.29, 1.82) is 0 Å². The molecule has 0 amide bonds. The molecule has 14 rings (SSSR count). The second-order valence-corrected chi connectivity index (χ2v) is 15.7. The van der Waals surface area contributed by atoms with Crippen LogP contribution in [0.15, 0.2) is 195 Å². The Kier molecular flexibility index (Phi) is 5.96. The van der Waals surface area contributed by atoms with Gasteiger partial charge in [0.1, 0.15) is 33.5 Å². The molecule has 14 aromatic rings. The first-order valence-corrected chi connectivity index (χ1v) is 20.0. The summed E-state index contributed by atoms with van der Waals surface area (Å²) in [5, 5.41) is 11.5. The molecule has 0 bridgehead atoms. The molecule has 0 aliphatic carbocycles. The van der Waals surface area contributed by atoms with Crippen molar-refractivity contribution in [1.82, 2.24) is 9.13 Å². The molecule has 0 aliphatic heterocycles. The number of furan rings is 3. The van der Waals surface area contributed by atoms with Gasteiger partial charge in [0, 0.05) is 77.4 Å². The first-order chi connectivity index (χ1) is 29.2. The Morgan fingerprint density at radius 2 is 0.695 bits per heavy atom. The summed E-state index contributed by atoms with van der Waals surface area (Å²) in [5.41, 5.74) is 14.1. The van der Waals surface area contributed by atoms with Crippen LogP contribution >= 0.6 is 0 Å². The molecule has 0 unspecified atom stereocenters. The van der Waals surface area contributed by atoms with Crippen LogP contribution in [0, 0.1) is 0 Å². The Morgan fingerprint density at radius 1 is 0.237 bits per heavy atom. The molecule has 59 heavy (non-hydrogen) atoms. The molecule has 5 aromatic heterocycles. The standard InChI is InChI=1S/C54H30N2O3/c1-2-10-33(11-3-1)55-45-15-7-4-12-35(45)41-27-42-36-13-5-8-16-46(36)56(48(42)29-47(41)55)34-20-23-40-44-28-43-39-22-19-32(25-51(39)58-53(43)30-54(44)59-52(40)26-34)31-18-21-38-37-14-6-9-17-49(37)57-50(38)24-31/h1-30H. The lowest BCUT2D eigenvalue weighted by molar-refractivity contribution is 0.656. The molecule has 0 saturated carbocycles. The quantitative estimate of drug-likeness (QED) is 0.180. The van der Waals surface area contributed by atoms with Gasteiger partial charge in [0.2, 0.25) is 0 Å². The molecule has 5 nitrogen and oxygen atoms in total. The number of fused-ring (bicyclic) bond motifs is 15. The predicted octanol–water partition coefficient (Wildman–Crippen LogP) is 15.2. The second kappa shape index (κ2) is 11.3. The SMILES string of the molecule is c1ccc(-n2c3ccccc3c3cc4c5ccccc5n(-c5ccc6c(c5)oc5cc7oc8cc(-c9ccc%10c(c9)oc9ccccc9%10)ccc8c7cc56)c4cc32)cc1. The second-order valence-electron chi connectivity index (χ2n) is 15.7. The summed E-state index contributed by atoms with van der Waals surface area (Å²) in [5.74, 6) is 0. The van der Waals surface area contributed by atoms with Crippen molar-refractivity contribution in [3.63, 3.8) is 0 Å². The van der Waals surface area contributed by atoms with Crippen molar-refractivity contribution in [2.24, 2.45) is 0 Å². The highest BCUT2D eigenvalue weighted by atomic mass is 16.3. The predicted molar refractivity (Wildman–Crippen MR) is 242 cm³/mol. The number of hydrogen-bond donors (Lipinski definition) is 0. The Labute approximate surface area is 335 Å². The maximum atomic E-state index is 6.68. The van der Waals surface area contributed by atoms with Gasteiger partial charge in [-0.25, -0.2) is 0 Å². The van der Waals surface area contributed by atoms with E-state index in [9.17, 15) is 0 Å². The number of nitrogens with zero attached hydrogens (tertiary/aromatic N) is 2. The fraction of sp³-hybridized carbons (Fsp3) is 0. The van der Waals surface area contributed by atoms with Crippen LogP contribution in [0.2, 0.25) is 0 Å². The van der Waals surface area contributed by atoms with E-state index in [0.717, 1.165) is 99.4 Å². The average molecular weight is 755 g/mol. The average Bonchev–Trinajstić information content (AvgIpc) is 4.08. The lowest BCUT2D eigenvalue weighted by Crippen LogP contribution is -1.95. The van der Waals surface area contributed by atoms with Gasteiger partial charge in [-0.15, -0.1) is 0 Å². The number of para-hydroxylation sites is 4. The molecule has 9 aromatic carbocycles. The molecule has 0 spiro atoms. The van der Waals surface area contributed by atoms with Crippen LogP contribution in [0.25, 0.3) is 132 Å². The zero-order valence-electron chi connectivity index (χ0n) is 31.4. The fourth-order valence-corrected chi connectivity index (χ4v) is 9.82. The van der Waals surface area contributed by atoms with Gasteiger partial charge in [-0.1, -0.05) is 84.9 Å². The van der Waals surface area contributed by atoms with Crippen molar-refractivity contribution in [3.05, 3.63) is 182 Å². The van der Waals surface area contributed by atoms with E-state index in [2.05, 4.69) is 167 Å². The Bertz CT molecular complexity index is 4080. The molecule has 0 atom stereocenters. The van der Waals surface area contributed by atoms with Gasteiger partial charge in [0.05, 0.1) is 22.1 Å². The maximum Gasteiger partial charge on any atom is 0.139 e. The first-order valence-electron chi connectivity index (χ1n) is 20.0. The van der Waals surface area contributed by atoms with E-state index >= 15 is 0 Å². The van der Waals surface area contributed by atoms with E-state index in [4.69, 9.17) is 13.3 Å². The first kappa shape index (κ1) is 31.1. The van der Waals surface area contributed by atoms with Crippen LogP contribution in [0.4, 0.5) is 0 Å². The van der Waals surface area contributed by atoms with Crippen LogP contribution in [0.3, 0.4) is 0 Å². The summed E-state index contributed by atoms with van der Waals surface area (Å²) in [6.45, 7) is 0. The van der Waals surface area contributed by atoms with Gasteiger partial charge in [-0.2, -0.15) is 0 Å². The van der Waals surface area contributed by atoms with Gasteiger partial charge in [-0.3, -0.25) is 0 Å². The molecule has 0 aliphatic rings. The summed E-state index contributed by atoms with van der Waals surface area (Å²) < 4.78 is 24.2. The molecule has 0 fully saturated rings. The van der Waals surface area contributed by atoms with Gasteiger partial charge < -0.3 is 22.4 Å². The van der Waals surface area contributed by atoms with Crippen molar-refractivity contribution in [3.8, 4) is 22.5 Å². The van der Waals surface area contributed by atoms with Gasteiger partial charge in [-0.05, 0) is 96.1 Å². The van der Waals surface area contributed by atoms with Gasteiger partial charge in [0.15, 0.2) is 0 Å². The van der Waals surface area contributed by atoms with E-state index < -0.39 is 0 Å². The summed E-state index contributed by atoms with van der Waals surface area (Å²) >= 11 is 0. The van der Waals surface area contributed by atoms with E-state index in [0.29, 0.717) is 0 Å². The number of rotatable bonds is 3. The molecule has 274 valence electrons. The third kappa shape index (κ3) is 4.28. The van der Waals surface area contributed by atoms with E-state index in [1.165, 1.54) is 32.6 Å². The zero-order chi connectivity index (χ0) is 38.3. The van der Waals surface area contributed by atoms with Crippen LogP contribution in [-0.4, -0.2) is 9.13 Å². The van der Waals surface area contributed by atoms with Crippen molar-refractivity contribution in [2.75, 3.05) is 0 Å². The van der Waals surface area contributed by atoms with Crippen LogP contribution in [0.1, 0.15) is 0 Å². The summed E-state index contributed by atoms with van der Waals surface area (Å²) in [4.78, 5) is 0. The highest BCUT2D eigenvalue weighted by molar-refractivity contribution is 6.20. The molecule has 0 N–H and O–H groups in total. The monoisotopic (exact) mass is 754 g/mol. The fourth-order valence-electron chi connectivity index (χ4n) is 9.82. The Hall–Kier alpha value is -8.02. The Morgan fingerprint density at radius 3 is 1.36 bits per heavy atom. The van der Waals surface area contributed by atoms with Crippen molar-refractivity contribution in [2.45, 2.75) is 0 Å². The minimum absolute atomic E-state index is 0.801. The molecule has 0 radical (unpaired) electrons. The largest absolute Gasteiger partial charge is 0.456 e. The van der Waals surface area contributed by atoms with Crippen molar-refractivity contribution < 1.29 is 13.3 Å². The lowest BCUT2D eigenvalue weighted by atomic mass is 10.0. The maximum absolute atomic E-state index is 6.68. The molecular formula is C54H30N2O3. The van der Waals surface area contributed by atoms with E-state index in [1.807, 2.05) is 24.3 Å². The smallest absolute Gasteiger partial charge is 0.139 e. The third-order valence-corrected chi connectivity index (χ3v) is 12.5. The molecular weight excluding hydrogens is 725 g/mol. The highest BCUT2D eigenvalue weighted by Gasteiger charge is 2.20. The number of hydrogen-bond acceptors (Lipinski definition) is 3. The lowest BCUT2D eigenvalue weighted by Gasteiger charge is -2.10. The topological polar surface area (TPSA) is 49.3 Å². The zero-order valence-corrected chi connectivity index (χ0v) is 31.4. The van der Waals surface area contributed by atoms with E-state index in [1.54, 1.807) is 0 Å². The summed E-state index contributed by atoms with van der Waals surface area (Å²) in [6.07, 6.45) is 0. The minimum Gasteiger partial charge on any atom is -0.456 e. The highest BCUT2D eigenvalue weighted by Crippen LogP contribution is 2.42. The van der Waals surface area contributed by atoms with Crippen LogP contribution in [0.5, 0.6) is 0 Å². The summed E-state index contributed by atoms with van der Waals surface area (Å²) in [6, 6.07) is 64.8. The number of benzene rings is 9. The van der Waals surface area contributed by atoms with Gasteiger partial charge >= 0.3 is 0 Å². The van der Waals surface area contributed by atoms with Crippen LogP contribution < -0.4 is 0 Å². The minimum atomic E-state index is 0.801. The number of aromatic nitrogens is 2. The summed E-state index contributed by atoms with van der Waals surface area (Å²) in [7, 11) is 0. The van der Waals surface area contributed by atoms with Crippen LogP contribution in [-0.2, 0) is 0 Å².